The van der Waals surface area contributed by atoms with Gasteiger partial charge < -0.3 is 9.26 Å². The van der Waals surface area contributed by atoms with Crippen LogP contribution in [0.3, 0.4) is 0 Å². The van der Waals surface area contributed by atoms with E-state index in [4.69, 9.17) is 44.1 Å². The lowest BCUT2D eigenvalue weighted by atomic mass is 10.2. The molecule has 11 heteroatoms. The number of hydrogen-bond acceptors (Lipinski definition) is 6. The molecule has 1 amide bonds. The first kappa shape index (κ1) is 22.1. The van der Waals surface area contributed by atoms with E-state index in [-0.39, 0.29) is 18.2 Å². The van der Waals surface area contributed by atoms with Crippen LogP contribution in [0, 0.1) is 6.92 Å². The lowest BCUT2D eigenvalue weighted by Crippen LogP contribution is -2.16. The Balaban J connectivity index is 1.44. The van der Waals surface area contributed by atoms with Crippen LogP contribution in [0.15, 0.2) is 53.3 Å². The number of hydrogen-bond donors (Lipinski definition) is 1. The summed E-state index contributed by atoms with van der Waals surface area (Å²) in [5, 5.41) is 12.2. The van der Waals surface area contributed by atoms with Crippen molar-refractivity contribution in [3.63, 3.8) is 0 Å². The molecule has 0 bridgehead atoms. The van der Waals surface area contributed by atoms with Crippen molar-refractivity contribution in [2.24, 2.45) is 0 Å². The van der Waals surface area contributed by atoms with Crippen LogP contribution in [0.25, 0.3) is 0 Å². The van der Waals surface area contributed by atoms with E-state index in [1.165, 1.54) is 6.33 Å². The van der Waals surface area contributed by atoms with Gasteiger partial charge in [0.25, 0.3) is 5.91 Å². The molecular formula is C21H16Cl3N5O3. The molecule has 4 rings (SSSR count). The van der Waals surface area contributed by atoms with Crippen LogP contribution >= 0.6 is 34.8 Å². The summed E-state index contributed by atoms with van der Waals surface area (Å²) in [6, 6.07) is 12.2. The molecule has 1 N–H and O–H groups in total. The Morgan fingerprint density at radius 2 is 1.97 bits per heavy atom. The maximum Gasteiger partial charge on any atom is 0.280 e. The first-order valence-electron chi connectivity index (χ1n) is 9.38. The second kappa shape index (κ2) is 9.60. The molecular weight excluding hydrogens is 477 g/mol. The molecule has 0 aliphatic carbocycles. The average Bonchev–Trinajstić information content (AvgIpc) is 3.35. The monoisotopic (exact) mass is 491 g/mol. The highest BCUT2D eigenvalue weighted by Crippen LogP contribution is 2.26. The van der Waals surface area contributed by atoms with Crippen molar-refractivity contribution in [1.29, 1.82) is 0 Å². The highest BCUT2D eigenvalue weighted by molar-refractivity contribution is 6.35. The molecule has 0 atom stereocenters. The van der Waals surface area contributed by atoms with Gasteiger partial charge in [0.05, 0.1) is 17.1 Å². The molecule has 2 heterocycles. The van der Waals surface area contributed by atoms with Crippen molar-refractivity contribution < 1.29 is 14.1 Å². The van der Waals surface area contributed by atoms with Crippen LogP contribution in [-0.4, -0.2) is 25.8 Å². The summed E-state index contributed by atoms with van der Waals surface area (Å²) in [5.74, 6) is 0.529. The number of rotatable bonds is 7. The lowest BCUT2D eigenvalue weighted by Gasteiger charge is -2.08. The first-order chi connectivity index (χ1) is 15.4. The number of nitrogens with one attached hydrogen (secondary N) is 1. The van der Waals surface area contributed by atoms with Gasteiger partial charge in [-0.15, -0.1) is 5.10 Å². The van der Waals surface area contributed by atoms with Crippen molar-refractivity contribution in [1.82, 2.24) is 19.9 Å². The van der Waals surface area contributed by atoms with E-state index < -0.39 is 5.91 Å². The molecule has 8 nitrogen and oxygen atoms in total. The molecule has 0 saturated carbocycles. The number of aryl methyl sites for hydroxylation is 1. The quantitative estimate of drug-likeness (QED) is 0.370. The smallest absolute Gasteiger partial charge is 0.280 e. The Bertz CT molecular complexity index is 1270. The normalized spacial score (nSPS) is 10.9. The van der Waals surface area contributed by atoms with E-state index in [0.717, 1.165) is 5.56 Å². The summed E-state index contributed by atoms with van der Waals surface area (Å²) in [7, 11) is 0. The number of aromatic nitrogens is 4. The Hall–Kier alpha value is -3.07. The van der Waals surface area contributed by atoms with Crippen LogP contribution in [0.2, 0.25) is 15.1 Å². The van der Waals surface area contributed by atoms with Gasteiger partial charge >= 0.3 is 0 Å². The third-order valence-electron chi connectivity index (χ3n) is 4.52. The second-order valence-corrected chi connectivity index (χ2v) is 7.99. The SMILES string of the molecule is Cc1onc(C(=O)Nc2ncn(Cc3ccc(Cl)cc3Cl)n2)c1COc1ccccc1Cl. The maximum atomic E-state index is 12.7. The summed E-state index contributed by atoms with van der Waals surface area (Å²) in [6.07, 6.45) is 1.48. The lowest BCUT2D eigenvalue weighted by molar-refractivity contribution is 0.101. The van der Waals surface area contributed by atoms with E-state index >= 15 is 0 Å². The fraction of sp³-hybridized carbons (Fsp3) is 0.143. The highest BCUT2D eigenvalue weighted by Gasteiger charge is 2.22. The van der Waals surface area contributed by atoms with Gasteiger partial charge in [0, 0.05) is 10.0 Å². The number of amides is 1. The number of halogens is 3. The van der Waals surface area contributed by atoms with Crippen LogP contribution in [0.5, 0.6) is 5.75 Å². The number of nitrogens with zero attached hydrogens (tertiary/aromatic N) is 4. The van der Waals surface area contributed by atoms with E-state index in [1.54, 1.807) is 54.1 Å². The van der Waals surface area contributed by atoms with Crippen molar-refractivity contribution in [3.05, 3.63) is 86.4 Å². The number of ether oxygens (including phenoxy) is 1. The number of anilines is 1. The van der Waals surface area contributed by atoms with Crippen LogP contribution in [0.4, 0.5) is 5.95 Å². The van der Waals surface area contributed by atoms with Crippen LogP contribution in [0.1, 0.15) is 27.4 Å². The first-order valence-corrected chi connectivity index (χ1v) is 10.5. The van der Waals surface area contributed by atoms with Crippen molar-refractivity contribution in [2.75, 3.05) is 5.32 Å². The number of carbonyl (C=O) groups is 1. The molecule has 0 aliphatic rings. The Morgan fingerprint density at radius 1 is 1.16 bits per heavy atom. The van der Waals surface area contributed by atoms with Crippen molar-refractivity contribution in [3.8, 4) is 5.75 Å². The van der Waals surface area contributed by atoms with Gasteiger partial charge in [-0.2, -0.15) is 0 Å². The Kier molecular flexibility index (Phi) is 6.64. The predicted molar refractivity (Wildman–Crippen MR) is 121 cm³/mol. The fourth-order valence-corrected chi connectivity index (χ4v) is 3.52. The maximum absolute atomic E-state index is 12.7. The topological polar surface area (TPSA) is 95.1 Å². The van der Waals surface area contributed by atoms with Crippen LogP contribution in [-0.2, 0) is 13.2 Å². The third-order valence-corrected chi connectivity index (χ3v) is 5.42. The largest absolute Gasteiger partial charge is 0.487 e. The number of carbonyl (C=O) groups excluding carboxylic acids is 1. The molecule has 0 unspecified atom stereocenters. The molecule has 4 aromatic rings. The summed E-state index contributed by atoms with van der Waals surface area (Å²) < 4.78 is 12.5. The minimum absolute atomic E-state index is 0.0543. The standard InChI is InChI=1S/C21H16Cl3N5O3/c1-12-15(10-31-18-5-3-2-4-16(18)23)19(28-32-12)20(30)26-21-25-11-29(27-21)9-13-6-7-14(22)8-17(13)24/h2-8,11H,9-10H2,1H3,(H,26,27,30). The highest BCUT2D eigenvalue weighted by atomic mass is 35.5. The summed E-state index contributed by atoms with van der Waals surface area (Å²) >= 11 is 18.2. The van der Waals surface area contributed by atoms with Crippen molar-refractivity contribution >= 4 is 46.7 Å². The molecule has 0 fully saturated rings. The molecule has 2 aromatic heterocycles. The van der Waals surface area contributed by atoms with E-state index in [0.29, 0.717) is 38.7 Å². The van der Waals surface area contributed by atoms with Gasteiger partial charge in [0.15, 0.2) is 5.69 Å². The van der Waals surface area contributed by atoms with Gasteiger partial charge in [-0.05, 0) is 36.8 Å². The van der Waals surface area contributed by atoms with Gasteiger partial charge in [0.1, 0.15) is 24.4 Å². The number of para-hydroxylation sites is 1. The van der Waals surface area contributed by atoms with E-state index in [1.807, 2.05) is 0 Å². The van der Waals surface area contributed by atoms with Gasteiger partial charge in [-0.1, -0.05) is 58.2 Å². The van der Waals surface area contributed by atoms with Gasteiger partial charge in [-0.25, -0.2) is 9.67 Å². The zero-order valence-corrected chi connectivity index (χ0v) is 18.9. The number of benzene rings is 2. The average molecular weight is 493 g/mol. The molecule has 0 spiro atoms. The summed E-state index contributed by atoms with van der Waals surface area (Å²) in [4.78, 5) is 16.9. The minimum atomic E-state index is -0.526. The van der Waals surface area contributed by atoms with Crippen LogP contribution < -0.4 is 10.1 Å². The van der Waals surface area contributed by atoms with Crippen molar-refractivity contribution in [2.45, 2.75) is 20.1 Å². The second-order valence-electron chi connectivity index (χ2n) is 6.74. The molecule has 2 aromatic carbocycles. The summed E-state index contributed by atoms with van der Waals surface area (Å²) in [6.45, 7) is 2.11. The third kappa shape index (κ3) is 5.04. The molecule has 0 radical (unpaired) electrons. The molecule has 0 saturated heterocycles. The molecule has 0 aliphatic heterocycles. The van der Waals surface area contributed by atoms with E-state index in [2.05, 4.69) is 20.6 Å². The zero-order valence-electron chi connectivity index (χ0n) is 16.7. The van der Waals surface area contributed by atoms with E-state index in [9.17, 15) is 4.79 Å². The molecule has 32 heavy (non-hydrogen) atoms. The Labute approximate surface area is 198 Å². The fourth-order valence-electron chi connectivity index (χ4n) is 2.86. The van der Waals surface area contributed by atoms with Gasteiger partial charge in [0.2, 0.25) is 5.95 Å². The minimum Gasteiger partial charge on any atom is -0.487 e. The predicted octanol–water partition coefficient (Wildman–Crippen LogP) is 5.41. The molecule has 164 valence electrons. The Morgan fingerprint density at radius 3 is 2.75 bits per heavy atom. The zero-order chi connectivity index (χ0) is 22.7. The summed E-state index contributed by atoms with van der Waals surface area (Å²) in [5.41, 5.74) is 1.38. The van der Waals surface area contributed by atoms with Gasteiger partial charge in [-0.3, -0.25) is 10.1 Å².